The first-order chi connectivity index (χ1) is 12.6. The molecule has 0 aromatic heterocycles. The third-order valence-electron chi connectivity index (χ3n) is 2.20. The number of methoxy groups -OCH3 is 1. The Hall–Kier alpha value is -0.0322. The SMILES string of the molecule is C.C.C.C.C.C.C=Cc1ccccc1.C=Cc1ccccc1.CCO.CCO.COCO.[CH3-].[Y].[Y]. The molecule has 2 aromatic carbocycles. The van der Waals surface area contributed by atoms with E-state index in [1.807, 2.05) is 72.8 Å². The fourth-order valence-electron chi connectivity index (χ4n) is 1.18. The Bertz CT molecular complexity index is 449. The number of hydrogen-bond acceptors (Lipinski definition) is 4. The Morgan fingerprint density at radius 3 is 0.886 bits per heavy atom. The zero-order valence-corrected chi connectivity index (χ0v) is 24.0. The van der Waals surface area contributed by atoms with Crippen LogP contribution in [0.5, 0.6) is 0 Å². The average molecular weight is 652 g/mol. The molecule has 0 heterocycles. The minimum absolute atomic E-state index is 0. The number of aliphatic hydroxyl groups is 3. The van der Waals surface area contributed by atoms with Crippen LogP contribution >= 0.6 is 0 Å². The van der Waals surface area contributed by atoms with Gasteiger partial charge in [-0.25, -0.2) is 0 Å². The molecule has 2 radical (unpaired) electrons. The summed E-state index contributed by atoms with van der Waals surface area (Å²) in [4.78, 5) is 0. The molecule has 0 spiro atoms. The van der Waals surface area contributed by atoms with E-state index in [4.69, 9.17) is 15.3 Å². The zero-order valence-electron chi connectivity index (χ0n) is 18.4. The van der Waals surface area contributed by atoms with Gasteiger partial charge in [-0.1, -0.05) is 131 Å². The summed E-state index contributed by atoms with van der Waals surface area (Å²) in [5, 5.41) is 22.8. The van der Waals surface area contributed by atoms with Crippen LogP contribution in [0.25, 0.3) is 12.2 Å². The first-order valence-electron chi connectivity index (χ1n) is 8.28. The van der Waals surface area contributed by atoms with Crippen molar-refractivity contribution >= 4 is 12.2 Å². The Labute approximate surface area is 273 Å². The molecule has 0 saturated heterocycles. The normalized spacial score (nSPS) is 5.77. The van der Waals surface area contributed by atoms with E-state index in [1.165, 1.54) is 18.2 Å². The minimum atomic E-state index is -0.181. The molecule has 6 heteroatoms. The molecule has 0 aliphatic heterocycles. The molecule has 35 heavy (non-hydrogen) atoms. The van der Waals surface area contributed by atoms with E-state index in [9.17, 15) is 0 Å². The molecular weight excluding hydrogens is 590 g/mol. The zero-order chi connectivity index (χ0) is 20.5. The standard InChI is InChI=1S/2C8H8.C2H6O2.2C2H6O.6CH4.CH3.2Y/c2*1-2-8-6-4-3-5-7-8;1-4-2-3;2*1-2-3;;;;;;;;;/h2*2-7H,1H2;3H,2H2,1H3;2*3H,2H2,1H3;6*1H4;1H3;;/q;;;;;;;;;;;-1;;. The van der Waals surface area contributed by atoms with Gasteiger partial charge in [0, 0.05) is 85.7 Å². The molecule has 0 atom stereocenters. The summed E-state index contributed by atoms with van der Waals surface area (Å²) in [7, 11) is 1.43. The molecule has 4 nitrogen and oxygen atoms in total. The predicted octanol–water partition coefficient (Wildman–Crippen LogP) is 8.50. The molecule has 208 valence electrons. The van der Waals surface area contributed by atoms with Crippen LogP contribution in [0.15, 0.2) is 73.8 Å². The van der Waals surface area contributed by atoms with Gasteiger partial charge in [-0.2, -0.15) is 0 Å². The van der Waals surface area contributed by atoms with Crippen LogP contribution in [0.4, 0.5) is 0 Å². The smallest absolute Gasteiger partial charge is 0.143 e. The largest absolute Gasteiger partial charge is 0.397 e. The van der Waals surface area contributed by atoms with Gasteiger partial charge in [0.25, 0.3) is 0 Å². The number of aliphatic hydroxyl groups excluding tert-OH is 3. The van der Waals surface area contributed by atoms with Gasteiger partial charge in [-0.15, -0.1) is 0 Å². The van der Waals surface area contributed by atoms with E-state index in [0.29, 0.717) is 0 Å². The van der Waals surface area contributed by atoms with Crippen molar-refractivity contribution in [2.24, 2.45) is 0 Å². The Morgan fingerprint density at radius 2 is 0.800 bits per heavy atom. The van der Waals surface area contributed by atoms with E-state index >= 15 is 0 Å². The molecule has 0 fully saturated rings. The second-order valence-corrected chi connectivity index (χ2v) is 4.28. The molecular formula is C29H61O4Y2-. The van der Waals surface area contributed by atoms with Crippen LogP contribution in [-0.4, -0.2) is 42.4 Å². The van der Waals surface area contributed by atoms with E-state index in [0.717, 1.165) is 0 Å². The van der Waals surface area contributed by atoms with Crippen LogP contribution in [0.2, 0.25) is 0 Å². The summed E-state index contributed by atoms with van der Waals surface area (Å²) in [6.07, 6.45) is 3.67. The molecule has 0 bridgehead atoms. The Morgan fingerprint density at radius 1 is 0.629 bits per heavy atom. The van der Waals surface area contributed by atoms with Crippen molar-refractivity contribution in [3.8, 4) is 0 Å². The minimum Gasteiger partial charge on any atom is -0.397 e. The number of ether oxygens (including phenoxy) is 1. The monoisotopic (exact) mass is 651 g/mol. The Balaban J connectivity index is -0.0000000187. The number of rotatable bonds is 3. The second kappa shape index (κ2) is 76.5. The molecule has 0 aliphatic rings. The molecule has 2 aromatic rings. The van der Waals surface area contributed by atoms with Crippen molar-refractivity contribution in [1.82, 2.24) is 0 Å². The number of hydrogen-bond donors (Lipinski definition) is 3. The summed E-state index contributed by atoms with van der Waals surface area (Å²) in [6, 6.07) is 20.1. The van der Waals surface area contributed by atoms with Gasteiger partial charge in [0.05, 0.1) is 0 Å². The fraction of sp³-hybridized carbons (Fsp3) is 0.414. The van der Waals surface area contributed by atoms with Gasteiger partial charge in [0.15, 0.2) is 0 Å². The van der Waals surface area contributed by atoms with Gasteiger partial charge >= 0.3 is 0 Å². The summed E-state index contributed by atoms with van der Waals surface area (Å²) >= 11 is 0. The van der Waals surface area contributed by atoms with Crippen molar-refractivity contribution in [3.05, 3.63) is 92.4 Å². The van der Waals surface area contributed by atoms with Gasteiger partial charge in [-0.3, -0.25) is 0 Å². The van der Waals surface area contributed by atoms with E-state index in [2.05, 4.69) is 17.9 Å². The number of benzene rings is 2. The molecule has 0 aliphatic carbocycles. The van der Waals surface area contributed by atoms with Gasteiger partial charge in [-0.05, 0) is 25.0 Å². The summed E-state index contributed by atoms with van der Waals surface area (Å²) in [6.45, 7) is 10.9. The van der Waals surface area contributed by atoms with Crippen LogP contribution < -0.4 is 0 Å². The van der Waals surface area contributed by atoms with E-state index in [1.54, 1.807) is 13.8 Å². The first-order valence-corrected chi connectivity index (χ1v) is 8.28. The van der Waals surface area contributed by atoms with E-state index < -0.39 is 0 Å². The van der Waals surface area contributed by atoms with Gasteiger partial charge in [0.1, 0.15) is 6.79 Å². The van der Waals surface area contributed by atoms with Crippen molar-refractivity contribution in [2.45, 2.75) is 58.4 Å². The third-order valence-corrected chi connectivity index (χ3v) is 2.20. The van der Waals surface area contributed by atoms with Crippen LogP contribution in [0, 0.1) is 7.43 Å². The second-order valence-electron chi connectivity index (χ2n) is 4.28. The van der Waals surface area contributed by atoms with Crippen LogP contribution in [0.1, 0.15) is 69.5 Å². The molecule has 0 saturated carbocycles. The fourth-order valence-corrected chi connectivity index (χ4v) is 1.18. The summed E-state index contributed by atoms with van der Waals surface area (Å²) in [5.41, 5.74) is 2.35. The topological polar surface area (TPSA) is 69.9 Å². The van der Waals surface area contributed by atoms with Crippen molar-refractivity contribution in [2.75, 3.05) is 27.1 Å². The predicted molar refractivity (Wildman–Crippen MR) is 159 cm³/mol. The molecule has 0 unspecified atom stereocenters. The maximum atomic E-state index is 7.65. The van der Waals surface area contributed by atoms with Gasteiger partial charge in [0.2, 0.25) is 0 Å². The maximum Gasteiger partial charge on any atom is 0.143 e. The van der Waals surface area contributed by atoms with Crippen LogP contribution in [0.3, 0.4) is 0 Å². The quantitative estimate of drug-likeness (QED) is 0.230. The Kier molecular flexibility index (Phi) is 167. The molecule has 2 rings (SSSR count). The van der Waals surface area contributed by atoms with Gasteiger partial charge < -0.3 is 27.5 Å². The van der Waals surface area contributed by atoms with Crippen molar-refractivity contribution in [3.63, 3.8) is 0 Å². The van der Waals surface area contributed by atoms with Crippen LogP contribution in [-0.2, 0) is 70.2 Å². The first kappa shape index (κ1) is 76.5. The summed E-state index contributed by atoms with van der Waals surface area (Å²) < 4.78 is 4.10. The van der Waals surface area contributed by atoms with E-state index in [-0.39, 0.29) is 137 Å². The summed E-state index contributed by atoms with van der Waals surface area (Å²) in [5.74, 6) is 0. The molecule has 0 amide bonds. The third kappa shape index (κ3) is 79.0. The van der Waals surface area contributed by atoms with Crippen molar-refractivity contribution < 1.29 is 85.5 Å². The van der Waals surface area contributed by atoms with Crippen molar-refractivity contribution in [1.29, 1.82) is 0 Å². The maximum absolute atomic E-state index is 7.65. The molecule has 3 N–H and O–H groups in total. The average Bonchev–Trinajstić information content (AvgIpc) is 2.71.